The molecule has 1 heterocycles. The molecule has 3 aromatic carbocycles. The van der Waals surface area contributed by atoms with E-state index in [-0.39, 0.29) is 22.8 Å². The molecule has 32 heavy (non-hydrogen) atoms. The Morgan fingerprint density at radius 2 is 1.88 bits per heavy atom. The summed E-state index contributed by atoms with van der Waals surface area (Å²) in [5.41, 5.74) is 3.44. The third-order valence-electron chi connectivity index (χ3n) is 6.21. The number of methoxy groups -OCH3 is 1. The van der Waals surface area contributed by atoms with Gasteiger partial charge in [-0.2, -0.15) is 0 Å². The van der Waals surface area contributed by atoms with Crippen molar-refractivity contribution < 1.29 is 13.2 Å². The summed E-state index contributed by atoms with van der Waals surface area (Å²) in [6, 6.07) is 20.1. The van der Waals surface area contributed by atoms with E-state index >= 15 is 0 Å². The number of halogens is 1. The summed E-state index contributed by atoms with van der Waals surface area (Å²) in [4.78, 5) is 0.233. The van der Waals surface area contributed by atoms with Gasteiger partial charge < -0.3 is 10.1 Å². The third-order valence-corrected chi connectivity index (χ3v) is 7.93. The molecule has 1 aliphatic carbocycles. The molecule has 0 aromatic heterocycles. The Labute approximate surface area is 193 Å². The molecule has 0 saturated carbocycles. The van der Waals surface area contributed by atoms with Crippen LogP contribution >= 0.6 is 11.6 Å². The molecule has 164 valence electrons. The molecular weight excluding hydrogens is 444 g/mol. The lowest BCUT2D eigenvalue weighted by atomic mass is 9.77. The van der Waals surface area contributed by atoms with Crippen molar-refractivity contribution in [3.05, 3.63) is 95.0 Å². The fourth-order valence-corrected chi connectivity index (χ4v) is 6.01. The van der Waals surface area contributed by atoms with Crippen molar-refractivity contribution in [2.75, 3.05) is 17.1 Å². The molecule has 0 spiro atoms. The van der Waals surface area contributed by atoms with Crippen LogP contribution in [0.5, 0.6) is 5.75 Å². The van der Waals surface area contributed by atoms with Crippen LogP contribution in [-0.2, 0) is 10.0 Å². The molecule has 0 radical (unpaired) electrons. The summed E-state index contributed by atoms with van der Waals surface area (Å²) >= 11 is 6.50. The van der Waals surface area contributed by atoms with Crippen LogP contribution in [0.1, 0.15) is 29.5 Å². The smallest absolute Gasteiger partial charge is 0.261 e. The summed E-state index contributed by atoms with van der Waals surface area (Å²) < 4.78 is 34.0. The molecule has 3 atom stereocenters. The van der Waals surface area contributed by atoms with Crippen molar-refractivity contribution in [1.29, 1.82) is 0 Å². The molecule has 0 saturated heterocycles. The quantitative estimate of drug-likeness (QED) is 0.454. The number of benzene rings is 3. The zero-order valence-electron chi connectivity index (χ0n) is 17.5. The van der Waals surface area contributed by atoms with Crippen molar-refractivity contribution >= 4 is 33.0 Å². The van der Waals surface area contributed by atoms with Gasteiger partial charge in [0.25, 0.3) is 10.0 Å². The first kappa shape index (κ1) is 20.9. The van der Waals surface area contributed by atoms with E-state index in [4.69, 9.17) is 16.3 Å². The number of sulfonamides is 1. The normalized spacial score (nSPS) is 21.4. The van der Waals surface area contributed by atoms with Gasteiger partial charge in [-0.25, -0.2) is 8.42 Å². The van der Waals surface area contributed by atoms with Crippen LogP contribution in [0.3, 0.4) is 0 Å². The van der Waals surface area contributed by atoms with Gasteiger partial charge in [-0.15, -0.1) is 0 Å². The van der Waals surface area contributed by atoms with Gasteiger partial charge in [0, 0.05) is 22.7 Å². The van der Waals surface area contributed by atoms with Crippen LogP contribution in [-0.4, -0.2) is 15.5 Å². The number of nitrogens with one attached hydrogen (secondary N) is 2. The van der Waals surface area contributed by atoms with Gasteiger partial charge in [0.1, 0.15) is 5.75 Å². The van der Waals surface area contributed by atoms with Crippen molar-refractivity contribution in [3.63, 3.8) is 0 Å². The second-order valence-corrected chi connectivity index (χ2v) is 10.2. The fourth-order valence-electron chi connectivity index (χ4n) is 4.68. The maximum Gasteiger partial charge on any atom is 0.261 e. The number of hydrogen-bond acceptors (Lipinski definition) is 4. The molecule has 3 aromatic rings. The first-order chi connectivity index (χ1) is 15.5. The average Bonchev–Trinajstić information content (AvgIpc) is 3.29. The Hall–Kier alpha value is -2.96. The van der Waals surface area contributed by atoms with Crippen LogP contribution in [0.4, 0.5) is 11.4 Å². The van der Waals surface area contributed by atoms with Crippen LogP contribution in [0, 0.1) is 5.92 Å². The molecule has 0 fully saturated rings. The summed E-state index contributed by atoms with van der Waals surface area (Å²) in [5, 5.41) is 4.35. The van der Waals surface area contributed by atoms with Gasteiger partial charge >= 0.3 is 0 Å². The van der Waals surface area contributed by atoms with Gasteiger partial charge in [0.05, 0.1) is 23.7 Å². The van der Waals surface area contributed by atoms with Crippen LogP contribution in [0.15, 0.2) is 83.8 Å². The number of anilines is 2. The lowest BCUT2D eigenvalue weighted by molar-refractivity contribution is 0.415. The topological polar surface area (TPSA) is 67.4 Å². The molecule has 1 aliphatic heterocycles. The molecule has 5 nitrogen and oxygen atoms in total. The maximum absolute atomic E-state index is 13.1. The molecule has 2 N–H and O–H groups in total. The average molecular weight is 467 g/mol. The van der Waals surface area contributed by atoms with Gasteiger partial charge in [-0.05, 0) is 59.9 Å². The highest BCUT2D eigenvalue weighted by Gasteiger charge is 2.39. The monoisotopic (exact) mass is 466 g/mol. The predicted octanol–water partition coefficient (Wildman–Crippen LogP) is 5.98. The second kappa shape index (κ2) is 8.19. The largest absolute Gasteiger partial charge is 0.497 e. The van der Waals surface area contributed by atoms with E-state index in [9.17, 15) is 8.42 Å². The summed E-state index contributed by atoms with van der Waals surface area (Å²) in [6.07, 6.45) is 5.26. The Bertz CT molecular complexity index is 1310. The highest BCUT2D eigenvalue weighted by atomic mass is 35.5. The summed E-state index contributed by atoms with van der Waals surface area (Å²) in [7, 11) is -2.20. The molecule has 2 aliphatic rings. The zero-order valence-corrected chi connectivity index (χ0v) is 19.0. The van der Waals surface area contributed by atoms with Crippen molar-refractivity contribution in [2.24, 2.45) is 5.92 Å². The van der Waals surface area contributed by atoms with Gasteiger partial charge in [-0.1, -0.05) is 48.0 Å². The van der Waals surface area contributed by atoms with Gasteiger partial charge in [0.2, 0.25) is 0 Å². The van der Waals surface area contributed by atoms with E-state index in [0.717, 1.165) is 28.3 Å². The molecule has 5 rings (SSSR count). The van der Waals surface area contributed by atoms with Crippen LogP contribution in [0.2, 0.25) is 5.02 Å². The minimum Gasteiger partial charge on any atom is -0.497 e. The fraction of sp³-hybridized carbons (Fsp3) is 0.200. The number of fused-ring (bicyclic) bond motifs is 3. The minimum absolute atomic E-state index is 0.0635. The summed E-state index contributed by atoms with van der Waals surface area (Å²) in [5.74, 6) is 0.982. The molecule has 7 heteroatoms. The lowest BCUT2D eigenvalue weighted by Gasteiger charge is -2.38. The Morgan fingerprint density at radius 3 is 2.69 bits per heavy atom. The van der Waals surface area contributed by atoms with Crippen molar-refractivity contribution in [2.45, 2.75) is 23.3 Å². The van der Waals surface area contributed by atoms with E-state index < -0.39 is 10.0 Å². The molecule has 0 amide bonds. The van der Waals surface area contributed by atoms with E-state index in [1.807, 2.05) is 24.3 Å². The van der Waals surface area contributed by atoms with E-state index in [2.05, 4.69) is 28.3 Å². The maximum atomic E-state index is 13.1. The first-order valence-corrected chi connectivity index (χ1v) is 12.3. The van der Waals surface area contributed by atoms with Gasteiger partial charge in [-0.3, -0.25) is 4.72 Å². The van der Waals surface area contributed by atoms with Crippen molar-refractivity contribution in [1.82, 2.24) is 0 Å². The van der Waals surface area contributed by atoms with Crippen molar-refractivity contribution in [3.8, 4) is 5.75 Å². The summed E-state index contributed by atoms with van der Waals surface area (Å²) in [6.45, 7) is 0. The molecule has 0 bridgehead atoms. The SMILES string of the molecule is COc1cccc(NS(=O)(=O)c2ccc3c(c2)[C@H]2C=CC[C@H]2[C@H](c2ccccc2Cl)N3)c1. The number of allylic oxidation sites excluding steroid dienone is 2. The Balaban J connectivity index is 1.49. The van der Waals surface area contributed by atoms with Gasteiger partial charge in [0.15, 0.2) is 0 Å². The minimum atomic E-state index is -3.75. The predicted molar refractivity (Wildman–Crippen MR) is 128 cm³/mol. The highest BCUT2D eigenvalue weighted by Crippen LogP contribution is 2.51. The third kappa shape index (κ3) is 3.74. The standard InChI is InChI=1S/C25H23ClN2O3S/c1-31-17-7-4-6-16(14-17)28-32(29,30)18-12-13-24-22(15-18)19-9-5-10-20(19)25(27-24)21-8-2-3-11-23(21)26/h2-9,11-15,19-20,25,27-28H,10H2,1H3/t19-,20+,25+/m0/s1. The second-order valence-electron chi connectivity index (χ2n) is 8.08. The van der Waals surface area contributed by atoms with Crippen LogP contribution in [0.25, 0.3) is 0 Å². The number of hydrogen-bond donors (Lipinski definition) is 2. The molecule has 0 unspecified atom stereocenters. The zero-order chi connectivity index (χ0) is 22.3. The van der Waals surface area contributed by atoms with E-state index in [1.54, 1.807) is 43.5 Å². The van der Waals surface area contributed by atoms with E-state index in [0.29, 0.717) is 11.4 Å². The highest BCUT2D eigenvalue weighted by molar-refractivity contribution is 7.92. The first-order valence-electron chi connectivity index (χ1n) is 10.4. The number of ether oxygens (including phenoxy) is 1. The Morgan fingerprint density at radius 1 is 1.03 bits per heavy atom. The lowest BCUT2D eigenvalue weighted by Crippen LogP contribution is -2.29. The van der Waals surface area contributed by atoms with E-state index in [1.165, 1.54) is 0 Å². The van der Waals surface area contributed by atoms with Crippen LogP contribution < -0.4 is 14.8 Å². The molecular formula is C25H23ClN2O3S. The Kier molecular flexibility index (Phi) is 5.35. The number of rotatable bonds is 5.